The number of aryl methyl sites for hydroxylation is 2. The summed E-state index contributed by atoms with van der Waals surface area (Å²) < 4.78 is 2.02. The van der Waals surface area contributed by atoms with Gasteiger partial charge in [-0.3, -0.25) is 14.9 Å². The first-order chi connectivity index (χ1) is 8.08. The SMILES string of the molecule is CC(=O)c1ccc(Nn2c(C)ccc2C)cc1. The van der Waals surface area contributed by atoms with Gasteiger partial charge in [0, 0.05) is 17.0 Å². The van der Waals surface area contributed by atoms with E-state index in [4.69, 9.17) is 0 Å². The number of carbonyl (C=O) groups excluding carboxylic acids is 1. The molecule has 0 atom stereocenters. The van der Waals surface area contributed by atoms with Gasteiger partial charge in [0.2, 0.25) is 0 Å². The third-order valence-electron chi connectivity index (χ3n) is 2.80. The van der Waals surface area contributed by atoms with Gasteiger partial charge >= 0.3 is 0 Å². The Morgan fingerprint density at radius 2 is 1.53 bits per heavy atom. The van der Waals surface area contributed by atoms with Crippen LogP contribution in [0.2, 0.25) is 0 Å². The molecule has 1 aromatic heterocycles. The molecule has 0 unspecified atom stereocenters. The maximum Gasteiger partial charge on any atom is 0.159 e. The molecule has 0 bridgehead atoms. The molecular formula is C14H16N2O. The Hall–Kier alpha value is -2.03. The molecule has 0 radical (unpaired) electrons. The fourth-order valence-corrected chi connectivity index (χ4v) is 1.75. The zero-order chi connectivity index (χ0) is 12.4. The lowest BCUT2D eigenvalue weighted by Gasteiger charge is -2.12. The van der Waals surface area contributed by atoms with Gasteiger partial charge in [0.1, 0.15) is 0 Å². The maximum atomic E-state index is 11.2. The van der Waals surface area contributed by atoms with Crippen molar-refractivity contribution in [3.8, 4) is 0 Å². The van der Waals surface area contributed by atoms with E-state index in [9.17, 15) is 4.79 Å². The lowest BCUT2D eigenvalue weighted by molar-refractivity contribution is 0.101. The number of hydrogen-bond acceptors (Lipinski definition) is 2. The molecule has 1 heterocycles. The Morgan fingerprint density at radius 1 is 1.00 bits per heavy atom. The van der Waals surface area contributed by atoms with Gasteiger partial charge in [-0.2, -0.15) is 0 Å². The summed E-state index contributed by atoms with van der Waals surface area (Å²) in [5, 5.41) is 0. The van der Waals surface area contributed by atoms with Crippen molar-refractivity contribution in [3.63, 3.8) is 0 Å². The number of nitrogens with zero attached hydrogens (tertiary/aromatic N) is 1. The van der Waals surface area contributed by atoms with Crippen LogP contribution in [0.15, 0.2) is 36.4 Å². The van der Waals surface area contributed by atoms with E-state index in [1.807, 2.05) is 42.8 Å². The molecule has 0 aliphatic rings. The van der Waals surface area contributed by atoms with Crippen LogP contribution in [0, 0.1) is 13.8 Å². The van der Waals surface area contributed by atoms with Gasteiger partial charge in [-0.15, -0.1) is 0 Å². The highest BCUT2D eigenvalue weighted by Gasteiger charge is 2.02. The minimum Gasteiger partial charge on any atom is -0.295 e. The molecule has 88 valence electrons. The van der Waals surface area contributed by atoms with E-state index in [-0.39, 0.29) is 5.78 Å². The molecule has 17 heavy (non-hydrogen) atoms. The number of nitrogens with one attached hydrogen (secondary N) is 1. The molecule has 3 nitrogen and oxygen atoms in total. The van der Waals surface area contributed by atoms with Crippen molar-refractivity contribution in [2.45, 2.75) is 20.8 Å². The molecule has 2 rings (SSSR count). The summed E-state index contributed by atoms with van der Waals surface area (Å²) in [6.45, 7) is 5.66. The molecule has 0 aliphatic carbocycles. The van der Waals surface area contributed by atoms with Crippen LogP contribution in [0.1, 0.15) is 28.7 Å². The highest BCUT2D eigenvalue weighted by atomic mass is 16.1. The summed E-state index contributed by atoms with van der Waals surface area (Å²) in [7, 11) is 0. The summed E-state index contributed by atoms with van der Waals surface area (Å²) in [5.74, 6) is 0.0878. The molecule has 0 fully saturated rings. The molecule has 0 amide bonds. The second kappa shape index (κ2) is 4.45. The van der Waals surface area contributed by atoms with Crippen molar-refractivity contribution in [1.82, 2.24) is 4.68 Å². The fourth-order valence-electron chi connectivity index (χ4n) is 1.75. The lowest BCUT2D eigenvalue weighted by Crippen LogP contribution is -2.12. The first kappa shape index (κ1) is 11.5. The van der Waals surface area contributed by atoms with Gasteiger partial charge in [-0.1, -0.05) is 0 Å². The summed E-state index contributed by atoms with van der Waals surface area (Å²) in [6.07, 6.45) is 0. The minimum atomic E-state index is 0.0878. The lowest BCUT2D eigenvalue weighted by atomic mass is 10.1. The number of hydrogen-bond donors (Lipinski definition) is 1. The second-order valence-corrected chi connectivity index (χ2v) is 4.20. The van der Waals surface area contributed by atoms with Crippen LogP contribution in [0.25, 0.3) is 0 Å². The molecule has 0 aliphatic heterocycles. The summed E-state index contributed by atoms with van der Waals surface area (Å²) in [6, 6.07) is 11.6. The van der Waals surface area contributed by atoms with E-state index in [2.05, 4.69) is 17.6 Å². The Balaban J connectivity index is 2.22. The summed E-state index contributed by atoms with van der Waals surface area (Å²) in [5.41, 5.74) is 7.30. The summed E-state index contributed by atoms with van der Waals surface area (Å²) in [4.78, 5) is 11.2. The van der Waals surface area contributed by atoms with Crippen LogP contribution in [0.4, 0.5) is 5.69 Å². The third-order valence-corrected chi connectivity index (χ3v) is 2.80. The second-order valence-electron chi connectivity index (χ2n) is 4.20. The molecule has 0 saturated carbocycles. The third kappa shape index (κ3) is 2.38. The average molecular weight is 228 g/mol. The predicted octanol–water partition coefficient (Wildman–Crippen LogP) is 3.18. The Bertz CT molecular complexity index is 518. The molecule has 2 aromatic rings. The van der Waals surface area contributed by atoms with Gasteiger partial charge in [0.15, 0.2) is 5.78 Å². The van der Waals surface area contributed by atoms with E-state index in [1.165, 1.54) is 0 Å². The summed E-state index contributed by atoms with van der Waals surface area (Å²) >= 11 is 0. The van der Waals surface area contributed by atoms with Crippen molar-refractivity contribution in [1.29, 1.82) is 0 Å². The van der Waals surface area contributed by atoms with Crippen LogP contribution in [-0.4, -0.2) is 10.5 Å². The Kier molecular flexibility index (Phi) is 3.00. The van der Waals surface area contributed by atoms with E-state index in [0.29, 0.717) is 0 Å². The average Bonchev–Trinajstić information content (AvgIpc) is 2.61. The highest BCUT2D eigenvalue weighted by Crippen LogP contribution is 2.13. The molecular weight excluding hydrogens is 212 g/mol. The highest BCUT2D eigenvalue weighted by molar-refractivity contribution is 5.94. The van der Waals surface area contributed by atoms with Gasteiger partial charge in [0.25, 0.3) is 0 Å². The van der Waals surface area contributed by atoms with Crippen molar-refractivity contribution in [2.24, 2.45) is 0 Å². The van der Waals surface area contributed by atoms with E-state index < -0.39 is 0 Å². The van der Waals surface area contributed by atoms with Gasteiger partial charge < -0.3 is 0 Å². The number of anilines is 1. The smallest absolute Gasteiger partial charge is 0.159 e. The fraction of sp³-hybridized carbons (Fsp3) is 0.214. The maximum absolute atomic E-state index is 11.2. The van der Waals surface area contributed by atoms with E-state index in [0.717, 1.165) is 22.6 Å². The first-order valence-corrected chi connectivity index (χ1v) is 5.61. The van der Waals surface area contributed by atoms with Crippen molar-refractivity contribution >= 4 is 11.5 Å². The first-order valence-electron chi connectivity index (χ1n) is 5.61. The van der Waals surface area contributed by atoms with Gasteiger partial charge in [-0.25, -0.2) is 0 Å². The predicted molar refractivity (Wildman–Crippen MR) is 69.4 cm³/mol. The molecule has 1 aromatic carbocycles. The van der Waals surface area contributed by atoms with E-state index in [1.54, 1.807) is 6.92 Å². The Morgan fingerprint density at radius 3 is 2.00 bits per heavy atom. The van der Waals surface area contributed by atoms with Crippen LogP contribution >= 0.6 is 0 Å². The van der Waals surface area contributed by atoms with E-state index >= 15 is 0 Å². The molecule has 0 saturated heterocycles. The largest absolute Gasteiger partial charge is 0.295 e. The van der Waals surface area contributed by atoms with Crippen molar-refractivity contribution in [2.75, 3.05) is 5.43 Å². The van der Waals surface area contributed by atoms with Crippen LogP contribution in [-0.2, 0) is 0 Å². The topological polar surface area (TPSA) is 34.0 Å². The number of Topliss-reactive ketones (excluding diaryl/α,β-unsaturated/α-hetero) is 1. The number of benzene rings is 1. The zero-order valence-electron chi connectivity index (χ0n) is 10.3. The number of carbonyl (C=O) groups is 1. The number of aromatic nitrogens is 1. The normalized spacial score (nSPS) is 10.3. The Labute approximate surface area is 101 Å². The number of rotatable bonds is 3. The quantitative estimate of drug-likeness (QED) is 0.819. The van der Waals surface area contributed by atoms with Gasteiger partial charge in [-0.05, 0) is 57.2 Å². The monoisotopic (exact) mass is 228 g/mol. The minimum absolute atomic E-state index is 0.0878. The molecule has 0 spiro atoms. The van der Waals surface area contributed by atoms with Crippen LogP contribution < -0.4 is 5.43 Å². The zero-order valence-corrected chi connectivity index (χ0v) is 10.3. The van der Waals surface area contributed by atoms with Crippen LogP contribution in [0.3, 0.4) is 0 Å². The standard InChI is InChI=1S/C14H16N2O/c1-10-4-5-11(2)16(10)15-14-8-6-13(7-9-14)12(3)17/h4-9,15H,1-3H3. The van der Waals surface area contributed by atoms with Crippen molar-refractivity contribution in [3.05, 3.63) is 53.3 Å². The molecule has 3 heteroatoms. The van der Waals surface area contributed by atoms with Crippen molar-refractivity contribution < 1.29 is 4.79 Å². The molecule has 1 N–H and O–H groups in total. The number of ketones is 1. The van der Waals surface area contributed by atoms with Gasteiger partial charge in [0.05, 0.1) is 5.69 Å². The van der Waals surface area contributed by atoms with Crippen LogP contribution in [0.5, 0.6) is 0 Å².